The SMILES string of the molecule is O=C1NCCC1C[CH]C1CCNC1. The van der Waals surface area contributed by atoms with E-state index in [9.17, 15) is 4.79 Å². The maximum Gasteiger partial charge on any atom is 0.223 e. The number of hydrogen-bond acceptors (Lipinski definition) is 2. The van der Waals surface area contributed by atoms with Crippen LogP contribution in [0, 0.1) is 18.3 Å². The molecule has 1 radical (unpaired) electrons. The van der Waals surface area contributed by atoms with Crippen molar-refractivity contribution in [2.75, 3.05) is 19.6 Å². The van der Waals surface area contributed by atoms with Gasteiger partial charge in [0, 0.05) is 12.5 Å². The second-order valence-corrected chi connectivity index (χ2v) is 4.00. The van der Waals surface area contributed by atoms with Gasteiger partial charge in [-0.05, 0) is 44.7 Å². The Morgan fingerprint density at radius 3 is 2.92 bits per heavy atom. The van der Waals surface area contributed by atoms with Crippen molar-refractivity contribution in [1.82, 2.24) is 10.6 Å². The highest BCUT2D eigenvalue weighted by Crippen LogP contribution is 2.21. The van der Waals surface area contributed by atoms with E-state index < -0.39 is 0 Å². The summed E-state index contributed by atoms with van der Waals surface area (Å²) < 4.78 is 0. The van der Waals surface area contributed by atoms with Gasteiger partial charge < -0.3 is 10.6 Å². The average molecular weight is 181 g/mol. The van der Waals surface area contributed by atoms with Crippen molar-refractivity contribution in [3.05, 3.63) is 6.42 Å². The normalized spacial score (nSPS) is 33.7. The van der Waals surface area contributed by atoms with Crippen LogP contribution in [0.4, 0.5) is 0 Å². The van der Waals surface area contributed by atoms with Crippen LogP contribution in [0.3, 0.4) is 0 Å². The van der Waals surface area contributed by atoms with Crippen LogP contribution in [-0.2, 0) is 4.79 Å². The average Bonchev–Trinajstić information content (AvgIpc) is 2.72. The summed E-state index contributed by atoms with van der Waals surface area (Å²) in [4.78, 5) is 11.2. The van der Waals surface area contributed by atoms with E-state index in [1.54, 1.807) is 0 Å². The van der Waals surface area contributed by atoms with E-state index in [0.717, 1.165) is 32.5 Å². The molecule has 0 aliphatic carbocycles. The highest BCUT2D eigenvalue weighted by Gasteiger charge is 2.25. The summed E-state index contributed by atoms with van der Waals surface area (Å²) in [6.45, 7) is 3.12. The largest absolute Gasteiger partial charge is 0.356 e. The molecule has 2 atom stereocenters. The number of amides is 1. The van der Waals surface area contributed by atoms with E-state index in [2.05, 4.69) is 17.1 Å². The van der Waals surface area contributed by atoms with Gasteiger partial charge in [-0.3, -0.25) is 4.79 Å². The second-order valence-electron chi connectivity index (χ2n) is 4.00. The Kier molecular flexibility index (Phi) is 2.83. The lowest BCUT2D eigenvalue weighted by molar-refractivity contribution is -0.122. The Bertz CT molecular complexity index is 187. The minimum Gasteiger partial charge on any atom is -0.356 e. The third-order valence-electron chi connectivity index (χ3n) is 3.02. The first-order valence-corrected chi connectivity index (χ1v) is 5.18. The van der Waals surface area contributed by atoms with Crippen LogP contribution in [0.5, 0.6) is 0 Å². The summed E-state index contributed by atoms with van der Waals surface area (Å²) in [6, 6.07) is 0. The number of rotatable bonds is 3. The Labute approximate surface area is 79.3 Å². The van der Waals surface area contributed by atoms with Crippen molar-refractivity contribution in [2.24, 2.45) is 11.8 Å². The van der Waals surface area contributed by atoms with E-state index in [1.165, 1.54) is 6.42 Å². The van der Waals surface area contributed by atoms with Crippen molar-refractivity contribution in [1.29, 1.82) is 0 Å². The van der Waals surface area contributed by atoms with Crippen LogP contribution < -0.4 is 10.6 Å². The smallest absolute Gasteiger partial charge is 0.223 e. The Balaban J connectivity index is 1.69. The zero-order valence-corrected chi connectivity index (χ0v) is 7.88. The molecule has 2 saturated heterocycles. The molecule has 2 unspecified atom stereocenters. The summed E-state index contributed by atoms with van der Waals surface area (Å²) in [5, 5.41) is 6.20. The summed E-state index contributed by atoms with van der Waals surface area (Å²) in [7, 11) is 0. The molecular formula is C10H17N2O. The van der Waals surface area contributed by atoms with E-state index >= 15 is 0 Å². The van der Waals surface area contributed by atoms with Crippen LogP contribution in [0.2, 0.25) is 0 Å². The molecule has 0 saturated carbocycles. The molecule has 0 aromatic carbocycles. The molecule has 0 spiro atoms. The van der Waals surface area contributed by atoms with Crippen molar-refractivity contribution in [3.8, 4) is 0 Å². The zero-order valence-electron chi connectivity index (χ0n) is 7.88. The van der Waals surface area contributed by atoms with Gasteiger partial charge in [0.2, 0.25) is 5.91 Å². The number of carbonyl (C=O) groups is 1. The first-order chi connectivity index (χ1) is 6.36. The standard InChI is InChI=1S/C10H17N2O/c13-10-9(4-6-12-10)2-1-8-3-5-11-7-8/h1,8-9,11H,2-7H2,(H,12,13). The lowest BCUT2D eigenvalue weighted by atomic mass is 9.94. The van der Waals surface area contributed by atoms with Gasteiger partial charge in [-0.2, -0.15) is 0 Å². The number of hydrogen-bond donors (Lipinski definition) is 2. The maximum absolute atomic E-state index is 11.2. The fraction of sp³-hybridized carbons (Fsp3) is 0.800. The number of carbonyl (C=O) groups excluding carboxylic acids is 1. The minimum absolute atomic E-state index is 0.252. The molecule has 2 fully saturated rings. The maximum atomic E-state index is 11.2. The Hall–Kier alpha value is -0.570. The first-order valence-electron chi connectivity index (χ1n) is 5.18. The molecule has 2 rings (SSSR count). The van der Waals surface area contributed by atoms with Gasteiger partial charge >= 0.3 is 0 Å². The van der Waals surface area contributed by atoms with Crippen molar-refractivity contribution in [3.63, 3.8) is 0 Å². The molecule has 0 aromatic rings. The molecule has 2 aliphatic rings. The highest BCUT2D eigenvalue weighted by atomic mass is 16.2. The van der Waals surface area contributed by atoms with Crippen molar-refractivity contribution >= 4 is 5.91 Å². The van der Waals surface area contributed by atoms with Crippen molar-refractivity contribution < 1.29 is 4.79 Å². The van der Waals surface area contributed by atoms with Crippen molar-refractivity contribution in [2.45, 2.75) is 19.3 Å². The van der Waals surface area contributed by atoms with Gasteiger partial charge in [-0.1, -0.05) is 0 Å². The van der Waals surface area contributed by atoms with Gasteiger partial charge in [0.05, 0.1) is 0 Å². The quantitative estimate of drug-likeness (QED) is 0.658. The van der Waals surface area contributed by atoms with Gasteiger partial charge in [-0.25, -0.2) is 0 Å². The first kappa shape index (κ1) is 9.00. The molecule has 3 heteroatoms. The third-order valence-corrected chi connectivity index (χ3v) is 3.02. The molecule has 13 heavy (non-hydrogen) atoms. The van der Waals surface area contributed by atoms with E-state index in [-0.39, 0.29) is 11.8 Å². The molecule has 1 amide bonds. The van der Waals surface area contributed by atoms with Gasteiger partial charge in [0.15, 0.2) is 0 Å². The molecule has 0 aromatic heterocycles. The summed E-state index contributed by atoms with van der Waals surface area (Å²) in [5.41, 5.74) is 0. The zero-order chi connectivity index (χ0) is 9.10. The molecule has 2 N–H and O–H groups in total. The second kappa shape index (κ2) is 4.09. The molecule has 0 bridgehead atoms. The molecule has 73 valence electrons. The summed E-state index contributed by atoms with van der Waals surface area (Å²) in [5.74, 6) is 1.22. The molecule has 2 aliphatic heterocycles. The minimum atomic E-state index is 0.252. The van der Waals surface area contributed by atoms with E-state index in [4.69, 9.17) is 0 Å². The van der Waals surface area contributed by atoms with Crippen LogP contribution in [0.25, 0.3) is 0 Å². The fourth-order valence-electron chi connectivity index (χ4n) is 2.10. The predicted molar refractivity (Wildman–Crippen MR) is 51.0 cm³/mol. The summed E-state index contributed by atoms with van der Waals surface area (Å²) in [6.07, 6.45) is 5.57. The van der Waals surface area contributed by atoms with Crippen LogP contribution in [0.1, 0.15) is 19.3 Å². The van der Waals surface area contributed by atoms with E-state index in [1.807, 2.05) is 0 Å². The topological polar surface area (TPSA) is 41.1 Å². The lowest BCUT2D eigenvalue weighted by Gasteiger charge is -2.10. The van der Waals surface area contributed by atoms with Gasteiger partial charge in [0.25, 0.3) is 0 Å². The van der Waals surface area contributed by atoms with Crippen LogP contribution in [0.15, 0.2) is 0 Å². The van der Waals surface area contributed by atoms with E-state index in [0.29, 0.717) is 5.92 Å². The predicted octanol–water partition coefficient (Wildman–Crippen LogP) is 0.326. The van der Waals surface area contributed by atoms with Gasteiger partial charge in [-0.15, -0.1) is 0 Å². The van der Waals surface area contributed by atoms with Gasteiger partial charge in [0.1, 0.15) is 0 Å². The Morgan fingerprint density at radius 1 is 1.38 bits per heavy atom. The molecule has 2 heterocycles. The molecular weight excluding hydrogens is 164 g/mol. The fourth-order valence-corrected chi connectivity index (χ4v) is 2.10. The highest BCUT2D eigenvalue weighted by molar-refractivity contribution is 5.80. The Morgan fingerprint density at radius 2 is 2.31 bits per heavy atom. The van der Waals surface area contributed by atoms with Crippen LogP contribution >= 0.6 is 0 Å². The monoisotopic (exact) mass is 181 g/mol. The lowest BCUT2D eigenvalue weighted by Crippen LogP contribution is -2.20. The third kappa shape index (κ3) is 2.21. The number of nitrogens with one attached hydrogen (secondary N) is 2. The molecule has 3 nitrogen and oxygen atoms in total. The summed E-state index contributed by atoms with van der Waals surface area (Å²) >= 11 is 0. The van der Waals surface area contributed by atoms with Crippen LogP contribution in [-0.4, -0.2) is 25.5 Å².